The van der Waals surface area contributed by atoms with Gasteiger partial charge in [-0.3, -0.25) is 9.59 Å². The number of anilines is 2. The number of ketones is 1. The smallest absolute Gasteiger partial charge is 0.337 e. The predicted molar refractivity (Wildman–Crippen MR) is 145 cm³/mol. The Morgan fingerprint density at radius 3 is 1.97 bits per heavy atom. The molecule has 0 aliphatic carbocycles. The van der Waals surface area contributed by atoms with E-state index < -0.39 is 17.9 Å². The van der Waals surface area contributed by atoms with Gasteiger partial charge in [-0.2, -0.15) is 0 Å². The molecule has 0 saturated carbocycles. The summed E-state index contributed by atoms with van der Waals surface area (Å²) in [6, 6.07) is 28.6. The number of aryl methyl sites for hydroxylation is 1. The van der Waals surface area contributed by atoms with E-state index in [1.165, 1.54) is 5.56 Å². The van der Waals surface area contributed by atoms with Gasteiger partial charge < -0.3 is 15.5 Å². The Labute approximate surface area is 216 Å². The SMILES string of the molecule is CC(C(=O)O)c1cccc(C(=O)c2ccccc2)c1.Cc1cccc(Nc2ccccc2C(=O)O)c1C. The van der Waals surface area contributed by atoms with Crippen LogP contribution >= 0.6 is 0 Å². The summed E-state index contributed by atoms with van der Waals surface area (Å²) in [7, 11) is 0. The largest absolute Gasteiger partial charge is 0.481 e. The van der Waals surface area contributed by atoms with Crippen LogP contribution in [-0.2, 0) is 4.79 Å². The molecule has 4 aromatic carbocycles. The molecule has 1 atom stereocenters. The van der Waals surface area contributed by atoms with Crippen molar-refractivity contribution in [1.29, 1.82) is 0 Å². The Bertz CT molecular complexity index is 1410. The number of rotatable bonds is 7. The zero-order valence-corrected chi connectivity index (χ0v) is 20.9. The summed E-state index contributed by atoms with van der Waals surface area (Å²) in [5.41, 5.74) is 5.86. The number of nitrogens with one attached hydrogen (secondary N) is 1. The van der Waals surface area contributed by atoms with Crippen LogP contribution < -0.4 is 5.32 Å². The number of carboxylic acid groups (broad SMARTS) is 2. The van der Waals surface area contributed by atoms with Gasteiger partial charge in [0.15, 0.2) is 5.78 Å². The first-order valence-corrected chi connectivity index (χ1v) is 11.8. The van der Waals surface area contributed by atoms with E-state index in [1.54, 1.807) is 73.7 Å². The van der Waals surface area contributed by atoms with Crippen LogP contribution in [0.3, 0.4) is 0 Å². The van der Waals surface area contributed by atoms with Gasteiger partial charge in [0.2, 0.25) is 0 Å². The van der Waals surface area contributed by atoms with Crippen LogP contribution in [-0.4, -0.2) is 27.9 Å². The van der Waals surface area contributed by atoms with Gasteiger partial charge >= 0.3 is 11.9 Å². The lowest BCUT2D eigenvalue weighted by molar-refractivity contribution is -0.138. The van der Waals surface area contributed by atoms with Gasteiger partial charge in [0.1, 0.15) is 0 Å². The average Bonchev–Trinajstić information content (AvgIpc) is 2.91. The number of benzene rings is 4. The molecular weight excluding hydrogens is 466 g/mol. The lowest BCUT2D eigenvalue weighted by atomic mass is 9.96. The second-order valence-electron chi connectivity index (χ2n) is 8.60. The van der Waals surface area contributed by atoms with Gasteiger partial charge in [-0.1, -0.05) is 72.8 Å². The van der Waals surface area contributed by atoms with Crippen molar-refractivity contribution in [2.24, 2.45) is 0 Å². The minimum Gasteiger partial charge on any atom is -0.481 e. The minimum atomic E-state index is -0.927. The van der Waals surface area contributed by atoms with E-state index in [1.807, 2.05) is 44.2 Å². The average molecular weight is 496 g/mol. The zero-order valence-electron chi connectivity index (χ0n) is 20.9. The van der Waals surface area contributed by atoms with E-state index in [2.05, 4.69) is 5.32 Å². The maximum absolute atomic E-state index is 12.2. The number of hydrogen-bond donors (Lipinski definition) is 3. The zero-order chi connectivity index (χ0) is 26.9. The van der Waals surface area contributed by atoms with Gasteiger partial charge in [-0.05, 0) is 61.7 Å². The highest BCUT2D eigenvalue weighted by molar-refractivity contribution is 6.09. The summed E-state index contributed by atoms with van der Waals surface area (Å²) >= 11 is 0. The molecule has 4 aromatic rings. The lowest BCUT2D eigenvalue weighted by Gasteiger charge is -2.13. The van der Waals surface area contributed by atoms with Crippen LogP contribution in [0.1, 0.15) is 55.8 Å². The molecule has 37 heavy (non-hydrogen) atoms. The molecular formula is C31H29NO5. The van der Waals surface area contributed by atoms with E-state index >= 15 is 0 Å². The first-order chi connectivity index (χ1) is 17.7. The molecule has 0 heterocycles. The monoisotopic (exact) mass is 495 g/mol. The Morgan fingerprint density at radius 2 is 1.30 bits per heavy atom. The van der Waals surface area contributed by atoms with Crippen molar-refractivity contribution in [3.63, 3.8) is 0 Å². The maximum atomic E-state index is 12.2. The van der Waals surface area contributed by atoms with Crippen molar-refractivity contribution < 1.29 is 24.6 Å². The Morgan fingerprint density at radius 1 is 0.703 bits per heavy atom. The first-order valence-electron chi connectivity index (χ1n) is 11.8. The molecule has 4 rings (SSSR count). The molecule has 0 radical (unpaired) electrons. The van der Waals surface area contributed by atoms with Crippen LogP contribution in [0, 0.1) is 13.8 Å². The number of carbonyl (C=O) groups excluding carboxylic acids is 1. The summed E-state index contributed by atoms with van der Waals surface area (Å²) < 4.78 is 0. The second-order valence-corrected chi connectivity index (χ2v) is 8.60. The van der Waals surface area contributed by atoms with Gasteiger partial charge in [0, 0.05) is 16.8 Å². The van der Waals surface area contributed by atoms with Crippen LogP contribution in [0.25, 0.3) is 0 Å². The molecule has 0 saturated heterocycles. The quantitative estimate of drug-likeness (QED) is 0.242. The molecule has 0 aliphatic rings. The molecule has 6 heteroatoms. The summed E-state index contributed by atoms with van der Waals surface area (Å²) in [5.74, 6) is -2.55. The van der Waals surface area contributed by atoms with Crippen molar-refractivity contribution in [1.82, 2.24) is 0 Å². The summed E-state index contributed by atoms with van der Waals surface area (Å²) in [4.78, 5) is 34.3. The summed E-state index contributed by atoms with van der Waals surface area (Å²) in [5, 5.41) is 21.3. The molecule has 0 fully saturated rings. The minimum absolute atomic E-state index is 0.0972. The standard InChI is InChI=1S/C16H14O3.C15H15NO2/c1-11(16(18)19)13-8-5-9-14(10-13)15(17)12-6-3-2-4-7-12;1-10-6-5-9-13(11(10)2)16-14-8-4-3-7-12(14)15(17)18/h2-11H,1H3,(H,18,19);3-9,16H,1-2H3,(H,17,18). The van der Waals surface area contributed by atoms with Crippen LogP contribution in [0.2, 0.25) is 0 Å². The third-order valence-electron chi connectivity index (χ3n) is 6.09. The van der Waals surface area contributed by atoms with Crippen molar-refractivity contribution >= 4 is 29.1 Å². The van der Waals surface area contributed by atoms with Gasteiger partial charge in [-0.25, -0.2) is 4.79 Å². The highest BCUT2D eigenvalue weighted by Gasteiger charge is 2.16. The number of para-hydroxylation sites is 1. The topological polar surface area (TPSA) is 104 Å². The highest BCUT2D eigenvalue weighted by atomic mass is 16.4. The predicted octanol–water partition coefficient (Wildman–Crippen LogP) is 6.85. The lowest BCUT2D eigenvalue weighted by Crippen LogP contribution is -2.09. The van der Waals surface area contributed by atoms with Gasteiger partial charge in [-0.15, -0.1) is 0 Å². The molecule has 0 spiro atoms. The number of carbonyl (C=O) groups is 3. The van der Waals surface area contributed by atoms with Crippen molar-refractivity contribution in [3.8, 4) is 0 Å². The Balaban J connectivity index is 0.000000206. The Hall–Kier alpha value is -4.71. The van der Waals surface area contributed by atoms with Crippen molar-refractivity contribution in [2.45, 2.75) is 26.7 Å². The molecule has 188 valence electrons. The summed E-state index contributed by atoms with van der Waals surface area (Å²) in [6.07, 6.45) is 0. The van der Waals surface area contributed by atoms with E-state index in [9.17, 15) is 14.4 Å². The number of aromatic carboxylic acids is 1. The van der Waals surface area contributed by atoms with Crippen LogP contribution in [0.4, 0.5) is 11.4 Å². The van der Waals surface area contributed by atoms with Crippen molar-refractivity contribution in [2.75, 3.05) is 5.32 Å². The van der Waals surface area contributed by atoms with E-state index in [-0.39, 0.29) is 11.3 Å². The van der Waals surface area contributed by atoms with E-state index in [0.29, 0.717) is 22.4 Å². The fourth-order valence-electron chi connectivity index (χ4n) is 3.66. The van der Waals surface area contributed by atoms with E-state index in [4.69, 9.17) is 10.2 Å². The molecule has 1 unspecified atom stereocenters. The number of aliphatic carboxylic acids is 1. The molecule has 0 bridgehead atoms. The third kappa shape index (κ3) is 6.92. The van der Waals surface area contributed by atoms with Crippen molar-refractivity contribution in [3.05, 3.63) is 130 Å². The fraction of sp³-hybridized carbons (Fsp3) is 0.129. The maximum Gasteiger partial charge on any atom is 0.337 e. The normalized spacial score (nSPS) is 11.0. The van der Waals surface area contributed by atoms with E-state index in [0.717, 1.165) is 11.3 Å². The molecule has 0 aliphatic heterocycles. The van der Waals surface area contributed by atoms with Gasteiger partial charge in [0.05, 0.1) is 17.2 Å². The summed E-state index contributed by atoms with van der Waals surface area (Å²) in [6.45, 7) is 5.65. The number of hydrogen-bond acceptors (Lipinski definition) is 4. The molecule has 0 amide bonds. The third-order valence-corrected chi connectivity index (χ3v) is 6.09. The second kappa shape index (κ2) is 12.3. The van der Waals surface area contributed by atoms with Crippen LogP contribution in [0.5, 0.6) is 0 Å². The Kier molecular flexibility index (Phi) is 8.95. The fourth-order valence-corrected chi connectivity index (χ4v) is 3.66. The van der Waals surface area contributed by atoms with Crippen LogP contribution in [0.15, 0.2) is 97.1 Å². The molecule has 0 aromatic heterocycles. The highest BCUT2D eigenvalue weighted by Crippen LogP contribution is 2.25. The van der Waals surface area contributed by atoms with Gasteiger partial charge in [0.25, 0.3) is 0 Å². The molecule has 6 nitrogen and oxygen atoms in total. The molecule has 3 N–H and O–H groups in total. The first kappa shape index (κ1) is 26.9. The number of carboxylic acids is 2.